The average Bonchev–Trinajstić information content (AvgIpc) is 3.55. The summed E-state index contributed by atoms with van der Waals surface area (Å²) in [6.45, 7) is 8.53. The van der Waals surface area contributed by atoms with Crippen LogP contribution < -0.4 is 10.6 Å². The van der Waals surface area contributed by atoms with Gasteiger partial charge in [-0.25, -0.2) is 0 Å². The van der Waals surface area contributed by atoms with Gasteiger partial charge >= 0.3 is 0 Å². The Morgan fingerprint density at radius 1 is 0.774 bits per heavy atom. The molecule has 5 heteroatoms. The first kappa shape index (κ1) is 21.3. The number of hydrogen-bond acceptors (Lipinski definition) is 3. The highest BCUT2D eigenvalue weighted by atomic mass is 16.2. The van der Waals surface area contributed by atoms with E-state index in [4.69, 9.17) is 0 Å². The smallest absolute Gasteiger partial charge is 0.228 e. The maximum atomic E-state index is 12.8. The summed E-state index contributed by atoms with van der Waals surface area (Å²) < 4.78 is 0. The van der Waals surface area contributed by atoms with Gasteiger partial charge in [0.2, 0.25) is 11.8 Å². The first-order valence-electron chi connectivity index (χ1n) is 10.9. The van der Waals surface area contributed by atoms with E-state index >= 15 is 0 Å². The highest BCUT2D eigenvalue weighted by Gasteiger charge is 2.50. The second-order valence-electron chi connectivity index (χ2n) is 10.4. The fraction of sp³-hybridized carbons (Fsp3) is 0.423. The number of anilines is 2. The molecule has 2 N–H and O–H groups in total. The van der Waals surface area contributed by atoms with Gasteiger partial charge in [0.05, 0.1) is 0 Å². The summed E-state index contributed by atoms with van der Waals surface area (Å²) in [6.07, 6.45) is 2.54. The normalized spacial score (nSPS) is 22.3. The van der Waals surface area contributed by atoms with Crippen LogP contribution in [0.5, 0.6) is 0 Å². The summed E-state index contributed by atoms with van der Waals surface area (Å²) in [4.78, 5) is 37.2. The molecular formula is C26H30N2O3. The highest BCUT2D eigenvalue weighted by molar-refractivity contribution is 6.09. The van der Waals surface area contributed by atoms with Crippen molar-refractivity contribution in [3.63, 3.8) is 0 Å². The number of amides is 2. The van der Waals surface area contributed by atoms with E-state index in [1.165, 1.54) is 0 Å². The maximum absolute atomic E-state index is 12.8. The lowest BCUT2D eigenvalue weighted by molar-refractivity contribution is -0.118. The van der Waals surface area contributed by atoms with E-state index in [1.54, 1.807) is 48.5 Å². The minimum Gasteiger partial charge on any atom is -0.326 e. The van der Waals surface area contributed by atoms with E-state index in [0.29, 0.717) is 34.8 Å². The number of carbonyl (C=O) groups is 3. The summed E-state index contributed by atoms with van der Waals surface area (Å²) in [5.74, 6) is 0.466. The Labute approximate surface area is 183 Å². The molecule has 2 aromatic rings. The predicted octanol–water partition coefficient (Wildman–Crippen LogP) is 5.28. The molecule has 0 saturated heterocycles. The fourth-order valence-corrected chi connectivity index (χ4v) is 4.08. The largest absolute Gasteiger partial charge is 0.326 e. The number of ketones is 1. The Morgan fingerprint density at radius 3 is 1.65 bits per heavy atom. The minimum absolute atomic E-state index is 0.0156. The maximum Gasteiger partial charge on any atom is 0.228 e. The third kappa shape index (κ3) is 4.87. The first-order valence-corrected chi connectivity index (χ1v) is 10.9. The second-order valence-corrected chi connectivity index (χ2v) is 10.4. The summed E-state index contributed by atoms with van der Waals surface area (Å²) in [5.41, 5.74) is 2.86. The van der Waals surface area contributed by atoms with Crippen LogP contribution in [-0.2, 0) is 9.59 Å². The van der Waals surface area contributed by atoms with Gasteiger partial charge in [-0.3, -0.25) is 14.4 Å². The van der Waals surface area contributed by atoms with Crippen LogP contribution in [-0.4, -0.2) is 17.6 Å². The van der Waals surface area contributed by atoms with Crippen LogP contribution >= 0.6 is 0 Å². The molecule has 0 aliphatic heterocycles. The fourth-order valence-electron chi connectivity index (χ4n) is 4.08. The SMILES string of the molecule is CC1(C)CC1CC(=O)Nc1ccc(C(=O)c2ccc(NC(=O)[C@@H]3CC3(C)C)cc2)cc1. The standard InChI is InChI=1S/C26H30N2O3/c1-25(2)14-18(25)13-22(29)27-19-9-5-16(6-10-19)23(30)17-7-11-20(12-8-17)28-24(31)21-15-26(21,3)4/h5-12,18,21H,13-15H2,1-4H3,(H,27,29)(H,28,31)/t18?,21-/m0/s1. The summed E-state index contributed by atoms with van der Waals surface area (Å²) in [7, 11) is 0. The lowest BCUT2D eigenvalue weighted by Gasteiger charge is -2.09. The van der Waals surface area contributed by atoms with Crippen LogP contribution in [0.2, 0.25) is 0 Å². The molecule has 0 radical (unpaired) electrons. The van der Waals surface area contributed by atoms with E-state index in [2.05, 4.69) is 38.3 Å². The zero-order valence-electron chi connectivity index (χ0n) is 18.6. The van der Waals surface area contributed by atoms with Gasteiger partial charge in [-0.05, 0) is 78.1 Å². The van der Waals surface area contributed by atoms with Crippen molar-refractivity contribution in [1.82, 2.24) is 0 Å². The number of carbonyl (C=O) groups excluding carboxylic acids is 3. The van der Waals surface area contributed by atoms with Crippen molar-refractivity contribution in [3.8, 4) is 0 Å². The van der Waals surface area contributed by atoms with Gasteiger partial charge in [0, 0.05) is 34.8 Å². The van der Waals surface area contributed by atoms with Crippen LogP contribution in [0, 0.1) is 22.7 Å². The molecular weight excluding hydrogens is 388 g/mol. The van der Waals surface area contributed by atoms with Gasteiger partial charge in [-0.2, -0.15) is 0 Å². The van der Waals surface area contributed by atoms with Crippen molar-refractivity contribution in [2.45, 2.75) is 47.0 Å². The topological polar surface area (TPSA) is 75.3 Å². The molecule has 31 heavy (non-hydrogen) atoms. The Kier molecular flexibility index (Phi) is 5.24. The zero-order valence-corrected chi connectivity index (χ0v) is 18.6. The molecule has 1 unspecified atom stereocenters. The van der Waals surface area contributed by atoms with Crippen LogP contribution in [0.4, 0.5) is 11.4 Å². The molecule has 0 aromatic heterocycles. The van der Waals surface area contributed by atoms with Crippen LogP contribution in [0.15, 0.2) is 48.5 Å². The van der Waals surface area contributed by atoms with Crippen LogP contribution in [0.25, 0.3) is 0 Å². The molecule has 2 aliphatic rings. The van der Waals surface area contributed by atoms with E-state index in [9.17, 15) is 14.4 Å². The van der Waals surface area contributed by atoms with Gasteiger partial charge in [0.15, 0.2) is 5.78 Å². The quantitative estimate of drug-likeness (QED) is 0.601. The van der Waals surface area contributed by atoms with E-state index in [1.807, 2.05) is 0 Å². The number of nitrogens with one attached hydrogen (secondary N) is 2. The third-order valence-electron chi connectivity index (χ3n) is 6.82. The van der Waals surface area contributed by atoms with Gasteiger partial charge in [0.25, 0.3) is 0 Å². The van der Waals surface area contributed by atoms with Gasteiger partial charge in [-0.1, -0.05) is 27.7 Å². The highest BCUT2D eigenvalue weighted by Crippen LogP contribution is 2.53. The Hall–Kier alpha value is -2.95. The molecule has 5 nitrogen and oxygen atoms in total. The monoisotopic (exact) mass is 418 g/mol. The Bertz CT molecular complexity index is 1020. The van der Waals surface area contributed by atoms with Gasteiger partial charge < -0.3 is 10.6 Å². The Morgan fingerprint density at radius 2 is 1.23 bits per heavy atom. The van der Waals surface area contributed by atoms with Crippen LogP contribution in [0.3, 0.4) is 0 Å². The van der Waals surface area contributed by atoms with Crippen molar-refractivity contribution in [2.24, 2.45) is 22.7 Å². The van der Waals surface area contributed by atoms with Crippen molar-refractivity contribution < 1.29 is 14.4 Å². The van der Waals surface area contributed by atoms with Crippen molar-refractivity contribution >= 4 is 29.0 Å². The molecule has 2 saturated carbocycles. The van der Waals surface area contributed by atoms with Crippen molar-refractivity contribution in [2.75, 3.05) is 10.6 Å². The lowest BCUT2D eigenvalue weighted by atomic mass is 10.0. The minimum atomic E-state index is -0.0983. The lowest BCUT2D eigenvalue weighted by Crippen LogP contribution is -2.16. The average molecular weight is 419 g/mol. The Balaban J connectivity index is 1.32. The first-order chi connectivity index (χ1) is 14.5. The third-order valence-corrected chi connectivity index (χ3v) is 6.82. The number of benzene rings is 2. The molecule has 0 spiro atoms. The van der Waals surface area contributed by atoms with Gasteiger partial charge in [-0.15, -0.1) is 0 Å². The van der Waals surface area contributed by atoms with Gasteiger partial charge in [0.1, 0.15) is 0 Å². The molecule has 2 fully saturated rings. The summed E-state index contributed by atoms with van der Waals surface area (Å²) >= 11 is 0. The number of rotatable bonds is 7. The molecule has 2 atom stereocenters. The second kappa shape index (κ2) is 7.63. The summed E-state index contributed by atoms with van der Waals surface area (Å²) in [5, 5.41) is 5.84. The molecule has 162 valence electrons. The predicted molar refractivity (Wildman–Crippen MR) is 122 cm³/mol. The van der Waals surface area contributed by atoms with E-state index in [-0.39, 0.29) is 34.3 Å². The summed E-state index contributed by atoms with van der Waals surface area (Å²) in [6, 6.07) is 13.9. The van der Waals surface area contributed by atoms with Crippen molar-refractivity contribution in [3.05, 3.63) is 59.7 Å². The van der Waals surface area contributed by atoms with E-state index < -0.39 is 0 Å². The van der Waals surface area contributed by atoms with E-state index in [0.717, 1.165) is 12.8 Å². The molecule has 0 heterocycles. The molecule has 2 aromatic carbocycles. The van der Waals surface area contributed by atoms with Crippen LogP contribution in [0.1, 0.15) is 62.9 Å². The van der Waals surface area contributed by atoms with Crippen molar-refractivity contribution in [1.29, 1.82) is 0 Å². The molecule has 4 rings (SSSR count). The molecule has 0 bridgehead atoms. The molecule has 2 amide bonds. The molecule has 2 aliphatic carbocycles. The number of hydrogen-bond donors (Lipinski definition) is 2. The zero-order chi connectivity index (χ0) is 22.4.